The van der Waals surface area contributed by atoms with E-state index in [4.69, 9.17) is 0 Å². The van der Waals surface area contributed by atoms with Crippen LogP contribution in [0.25, 0.3) is 0 Å². The van der Waals surface area contributed by atoms with Gasteiger partial charge in [-0.05, 0) is 36.9 Å². The van der Waals surface area contributed by atoms with E-state index in [1.807, 2.05) is 0 Å². The molecule has 78 valence electrons. The molecule has 2 rings (SSSR count). The third kappa shape index (κ3) is 2.49. The molecule has 1 aliphatic rings. The smallest absolute Gasteiger partial charge is 0.0320 e. The first-order valence-corrected chi connectivity index (χ1v) is 5.22. The molecule has 1 nitrogen and oxygen atoms in total. The summed E-state index contributed by atoms with van der Waals surface area (Å²) in [5.41, 5.74) is 2.92. The summed E-state index contributed by atoms with van der Waals surface area (Å²) in [5, 5.41) is 3.52. The Labute approximate surface area is 92.3 Å². The SMILES string of the molecule is CCc1cccc(C2CCCN2)c1.Cl. The number of benzene rings is 1. The van der Waals surface area contributed by atoms with Gasteiger partial charge in [0.25, 0.3) is 0 Å². The summed E-state index contributed by atoms with van der Waals surface area (Å²) < 4.78 is 0. The summed E-state index contributed by atoms with van der Waals surface area (Å²) in [6.07, 6.45) is 3.76. The van der Waals surface area contributed by atoms with Crippen LogP contribution in [0.5, 0.6) is 0 Å². The van der Waals surface area contributed by atoms with Crippen molar-refractivity contribution in [2.75, 3.05) is 6.54 Å². The molecular weight excluding hydrogens is 194 g/mol. The molecule has 0 amide bonds. The van der Waals surface area contributed by atoms with Crippen LogP contribution in [-0.2, 0) is 6.42 Å². The largest absolute Gasteiger partial charge is 0.310 e. The molecule has 1 aromatic carbocycles. The van der Waals surface area contributed by atoms with E-state index in [1.165, 1.54) is 30.5 Å². The first-order valence-electron chi connectivity index (χ1n) is 5.22. The fourth-order valence-electron chi connectivity index (χ4n) is 2.00. The van der Waals surface area contributed by atoms with Gasteiger partial charge in [-0.3, -0.25) is 0 Å². The van der Waals surface area contributed by atoms with E-state index >= 15 is 0 Å². The normalized spacial score (nSPS) is 20.5. The standard InChI is InChI=1S/C12H17N.ClH/c1-2-10-5-3-6-11(9-10)12-7-4-8-13-12;/h3,5-6,9,12-13H,2,4,7-8H2,1H3;1H. The van der Waals surface area contributed by atoms with Crippen LogP contribution in [0.15, 0.2) is 24.3 Å². The van der Waals surface area contributed by atoms with Crippen LogP contribution in [0.4, 0.5) is 0 Å². The van der Waals surface area contributed by atoms with Crippen LogP contribution in [0.1, 0.15) is 36.9 Å². The van der Waals surface area contributed by atoms with Gasteiger partial charge in [0.15, 0.2) is 0 Å². The zero-order valence-corrected chi connectivity index (χ0v) is 9.44. The highest BCUT2D eigenvalue weighted by Gasteiger charge is 2.15. The van der Waals surface area contributed by atoms with Gasteiger partial charge in [0.1, 0.15) is 0 Å². The number of hydrogen-bond acceptors (Lipinski definition) is 1. The van der Waals surface area contributed by atoms with E-state index in [0.717, 1.165) is 6.42 Å². The minimum absolute atomic E-state index is 0. The van der Waals surface area contributed by atoms with E-state index in [1.54, 1.807) is 0 Å². The molecule has 0 aliphatic carbocycles. The molecule has 1 aliphatic heterocycles. The number of hydrogen-bond donors (Lipinski definition) is 1. The molecule has 1 unspecified atom stereocenters. The second-order valence-electron chi connectivity index (χ2n) is 3.75. The predicted octanol–water partition coefficient (Wildman–Crippen LogP) is 3.10. The lowest BCUT2D eigenvalue weighted by atomic mass is 10.0. The average molecular weight is 212 g/mol. The maximum absolute atomic E-state index is 3.52. The van der Waals surface area contributed by atoms with Gasteiger partial charge in [0, 0.05) is 6.04 Å². The van der Waals surface area contributed by atoms with E-state index < -0.39 is 0 Å². The number of halogens is 1. The second-order valence-corrected chi connectivity index (χ2v) is 3.75. The Kier molecular flexibility index (Phi) is 4.43. The summed E-state index contributed by atoms with van der Waals surface area (Å²) >= 11 is 0. The number of nitrogens with one attached hydrogen (secondary N) is 1. The lowest BCUT2D eigenvalue weighted by molar-refractivity contribution is 0.647. The second kappa shape index (κ2) is 5.38. The first kappa shape index (κ1) is 11.5. The highest BCUT2D eigenvalue weighted by Crippen LogP contribution is 2.23. The van der Waals surface area contributed by atoms with Crippen molar-refractivity contribution in [2.45, 2.75) is 32.2 Å². The van der Waals surface area contributed by atoms with E-state index in [-0.39, 0.29) is 12.4 Å². The fourth-order valence-corrected chi connectivity index (χ4v) is 2.00. The molecule has 1 saturated heterocycles. The van der Waals surface area contributed by atoms with Gasteiger partial charge in [-0.25, -0.2) is 0 Å². The van der Waals surface area contributed by atoms with Crippen LogP contribution >= 0.6 is 12.4 Å². The monoisotopic (exact) mass is 211 g/mol. The molecule has 2 heteroatoms. The van der Waals surface area contributed by atoms with Gasteiger partial charge in [0.05, 0.1) is 0 Å². The zero-order chi connectivity index (χ0) is 9.10. The van der Waals surface area contributed by atoms with Gasteiger partial charge in [-0.15, -0.1) is 12.4 Å². The van der Waals surface area contributed by atoms with E-state index in [9.17, 15) is 0 Å². The Balaban J connectivity index is 0.000000980. The molecule has 0 radical (unpaired) electrons. The summed E-state index contributed by atoms with van der Waals surface area (Å²) in [6, 6.07) is 9.57. The topological polar surface area (TPSA) is 12.0 Å². The molecule has 1 aromatic rings. The highest BCUT2D eigenvalue weighted by atomic mass is 35.5. The van der Waals surface area contributed by atoms with Crippen molar-refractivity contribution in [1.82, 2.24) is 5.32 Å². The molecule has 1 heterocycles. The van der Waals surface area contributed by atoms with Crippen molar-refractivity contribution in [3.63, 3.8) is 0 Å². The molecule has 0 bridgehead atoms. The van der Waals surface area contributed by atoms with Crippen LogP contribution in [0.3, 0.4) is 0 Å². The predicted molar refractivity (Wildman–Crippen MR) is 63.0 cm³/mol. The number of rotatable bonds is 2. The molecular formula is C12H18ClN. The van der Waals surface area contributed by atoms with Crippen molar-refractivity contribution in [1.29, 1.82) is 0 Å². The van der Waals surface area contributed by atoms with Gasteiger partial charge < -0.3 is 5.32 Å². The van der Waals surface area contributed by atoms with Crippen LogP contribution in [0, 0.1) is 0 Å². The van der Waals surface area contributed by atoms with Gasteiger partial charge in [-0.1, -0.05) is 31.2 Å². The van der Waals surface area contributed by atoms with E-state index in [0.29, 0.717) is 6.04 Å². The summed E-state index contributed by atoms with van der Waals surface area (Å²) in [7, 11) is 0. The zero-order valence-electron chi connectivity index (χ0n) is 8.62. The minimum Gasteiger partial charge on any atom is -0.310 e. The van der Waals surface area contributed by atoms with Gasteiger partial charge in [-0.2, -0.15) is 0 Å². The molecule has 0 spiro atoms. The number of aryl methyl sites for hydroxylation is 1. The lowest BCUT2D eigenvalue weighted by Gasteiger charge is -2.11. The third-order valence-corrected chi connectivity index (χ3v) is 2.82. The minimum atomic E-state index is 0. The Hall–Kier alpha value is -0.530. The molecule has 0 aromatic heterocycles. The Morgan fingerprint density at radius 2 is 2.29 bits per heavy atom. The molecule has 14 heavy (non-hydrogen) atoms. The Morgan fingerprint density at radius 1 is 1.43 bits per heavy atom. The molecule has 1 atom stereocenters. The van der Waals surface area contributed by atoms with Crippen molar-refractivity contribution in [3.05, 3.63) is 35.4 Å². The Bertz CT molecular complexity index is 279. The Morgan fingerprint density at radius 3 is 2.93 bits per heavy atom. The van der Waals surface area contributed by atoms with E-state index in [2.05, 4.69) is 36.5 Å². The van der Waals surface area contributed by atoms with Crippen molar-refractivity contribution >= 4 is 12.4 Å². The van der Waals surface area contributed by atoms with Gasteiger partial charge in [0.2, 0.25) is 0 Å². The van der Waals surface area contributed by atoms with Crippen LogP contribution in [-0.4, -0.2) is 6.54 Å². The quantitative estimate of drug-likeness (QED) is 0.793. The summed E-state index contributed by atoms with van der Waals surface area (Å²) in [6.45, 7) is 3.39. The fraction of sp³-hybridized carbons (Fsp3) is 0.500. The van der Waals surface area contributed by atoms with Crippen molar-refractivity contribution in [2.24, 2.45) is 0 Å². The van der Waals surface area contributed by atoms with Gasteiger partial charge >= 0.3 is 0 Å². The average Bonchev–Trinajstić information content (AvgIpc) is 2.71. The summed E-state index contributed by atoms with van der Waals surface area (Å²) in [4.78, 5) is 0. The molecule has 0 saturated carbocycles. The van der Waals surface area contributed by atoms with Crippen molar-refractivity contribution < 1.29 is 0 Å². The molecule has 1 fully saturated rings. The van der Waals surface area contributed by atoms with Crippen molar-refractivity contribution in [3.8, 4) is 0 Å². The first-order chi connectivity index (χ1) is 6.40. The van der Waals surface area contributed by atoms with Crippen LogP contribution < -0.4 is 5.32 Å². The maximum atomic E-state index is 3.52. The highest BCUT2D eigenvalue weighted by molar-refractivity contribution is 5.85. The van der Waals surface area contributed by atoms with Crippen LogP contribution in [0.2, 0.25) is 0 Å². The summed E-state index contributed by atoms with van der Waals surface area (Å²) in [5.74, 6) is 0. The molecule has 1 N–H and O–H groups in total. The maximum Gasteiger partial charge on any atom is 0.0320 e. The lowest BCUT2D eigenvalue weighted by Crippen LogP contribution is -2.12. The third-order valence-electron chi connectivity index (χ3n) is 2.82.